The number of hydrogen-bond acceptors (Lipinski definition) is 4. The second-order valence-corrected chi connectivity index (χ2v) is 6.96. The van der Waals surface area contributed by atoms with Gasteiger partial charge in [-0.2, -0.15) is 0 Å². The summed E-state index contributed by atoms with van der Waals surface area (Å²) >= 11 is 0. The zero-order valence-corrected chi connectivity index (χ0v) is 16.6. The number of nitrogens with zero attached hydrogens (tertiary/aromatic N) is 4. The van der Waals surface area contributed by atoms with E-state index in [1.54, 1.807) is 13.4 Å². The fourth-order valence-corrected chi connectivity index (χ4v) is 3.11. The third kappa shape index (κ3) is 5.31. The molecule has 1 aromatic carbocycles. The van der Waals surface area contributed by atoms with Crippen LogP contribution in [0, 0.1) is 5.92 Å². The monoisotopic (exact) mass is 383 g/mol. The van der Waals surface area contributed by atoms with E-state index in [4.69, 9.17) is 0 Å². The fourth-order valence-electron chi connectivity index (χ4n) is 3.11. The summed E-state index contributed by atoms with van der Waals surface area (Å²) in [7, 11) is 1.75. The number of carbonyl (C=O) groups is 1. The van der Waals surface area contributed by atoms with Gasteiger partial charge < -0.3 is 20.5 Å². The second-order valence-electron chi connectivity index (χ2n) is 6.96. The van der Waals surface area contributed by atoms with Crippen molar-refractivity contribution in [1.29, 1.82) is 0 Å². The fraction of sp³-hybridized carbons (Fsp3) is 0.500. The van der Waals surface area contributed by atoms with Crippen LogP contribution in [-0.2, 0) is 24.3 Å². The molecule has 1 heterocycles. The summed E-state index contributed by atoms with van der Waals surface area (Å²) in [6, 6.07) is 7.92. The number of benzene rings is 1. The first-order chi connectivity index (χ1) is 13.7. The minimum absolute atomic E-state index is 0.134. The van der Waals surface area contributed by atoms with Gasteiger partial charge >= 0.3 is 0 Å². The van der Waals surface area contributed by atoms with Gasteiger partial charge in [0.15, 0.2) is 5.96 Å². The number of amides is 1. The number of nitrogens with one attached hydrogen (secondary N) is 3. The molecule has 8 heteroatoms. The molecule has 150 valence electrons. The molecule has 2 aromatic rings. The molecule has 1 saturated carbocycles. The van der Waals surface area contributed by atoms with Gasteiger partial charge in [-0.3, -0.25) is 9.79 Å². The molecule has 28 heavy (non-hydrogen) atoms. The van der Waals surface area contributed by atoms with Crippen molar-refractivity contribution in [1.82, 2.24) is 25.4 Å². The number of aryl methyl sites for hydroxylation is 1. The highest BCUT2D eigenvalue weighted by Gasteiger charge is 2.25. The predicted molar refractivity (Wildman–Crippen MR) is 110 cm³/mol. The molecular weight excluding hydrogens is 354 g/mol. The SMILES string of the molecule is CCc1nncn1CCNC(=NC)NCc1cccc(NC(=O)C2CCC2)c1. The molecule has 0 spiro atoms. The number of guanidine groups is 1. The van der Waals surface area contributed by atoms with Crippen molar-refractivity contribution in [3.05, 3.63) is 42.0 Å². The molecule has 0 atom stereocenters. The van der Waals surface area contributed by atoms with Crippen molar-refractivity contribution in [3.63, 3.8) is 0 Å². The van der Waals surface area contributed by atoms with Gasteiger partial charge in [0.05, 0.1) is 0 Å². The van der Waals surface area contributed by atoms with Crippen molar-refractivity contribution in [2.24, 2.45) is 10.9 Å². The van der Waals surface area contributed by atoms with E-state index in [0.717, 1.165) is 61.8 Å². The van der Waals surface area contributed by atoms with Gasteiger partial charge in [0.1, 0.15) is 12.2 Å². The van der Waals surface area contributed by atoms with E-state index in [0.29, 0.717) is 6.54 Å². The first-order valence-electron chi connectivity index (χ1n) is 9.90. The van der Waals surface area contributed by atoms with Crippen molar-refractivity contribution < 1.29 is 4.79 Å². The third-order valence-electron chi connectivity index (χ3n) is 5.01. The van der Waals surface area contributed by atoms with E-state index < -0.39 is 0 Å². The largest absolute Gasteiger partial charge is 0.355 e. The number of carbonyl (C=O) groups excluding carboxylic acids is 1. The molecule has 0 aliphatic heterocycles. The van der Waals surface area contributed by atoms with Crippen LogP contribution in [0.25, 0.3) is 0 Å². The Morgan fingerprint density at radius 1 is 1.32 bits per heavy atom. The van der Waals surface area contributed by atoms with Crippen LogP contribution in [-0.4, -0.2) is 40.2 Å². The van der Waals surface area contributed by atoms with Gasteiger partial charge in [-0.1, -0.05) is 25.5 Å². The van der Waals surface area contributed by atoms with Crippen LogP contribution in [0.3, 0.4) is 0 Å². The molecule has 3 N–H and O–H groups in total. The summed E-state index contributed by atoms with van der Waals surface area (Å²) < 4.78 is 2.04. The lowest BCUT2D eigenvalue weighted by molar-refractivity contribution is -0.122. The maximum absolute atomic E-state index is 12.1. The zero-order chi connectivity index (χ0) is 19.8. The van der Waals surface area contributed by atoms with Crippen molar-refractivity contribution in [3.8, 4) is 0 Å². The quantitative estimate of drug-likeness (QED) is 0.478. The molecule has 1 aliphatic rings. The van der Waals surface area contributed by atoms with Gasteiger partial charge in [-0.05, 0) is 30.5 Å². The summed E-state index contributed by atoms with van der Waals surface area (Å²) in [5, 5.41) is 17.7. The van der Waals surface area contributed by atoms with Gasteiger partial charge in [-0.15, -0.1) is 10.2 Å². The Labute approximate surface area is 165 Å². The number of rotatable bonds is 8. The summed E-state index contributed by atoms with van der Waals surface area (Å²) in [5.41, 5.74) is 1.93. The highest BCUT2D eigenvalue weighted by Crippen LogP contribution is 2.27. The first kappa shape index (κ1) is 19.9. The summed E-state index contributed by atoms with van der Waals surface area (Å²) in [6.45, 7) is 4.19. The normalized spacial score (nSPS) is 14.4. The Balaban J connectivity index is 1.45. The number of aliphatic imine (C=N–C) groups is 1. The topological polar surface area (TPSA) is 96.2 Å². The standard InChI is InChI=1S/C20H29N7O/c1-3-18-26-24-14-27(18)11-10-22-20(21-2)23-13-15-6-4-9-17(12-15)25-19(28)16-7-5-8-16/h4,6,9,12,14,16H,3,5,7-8,10-11,13H2,1-2H3,(H,25,28)(H2,21,22,23). The van der Waals surface area contributed by atoms with Gasteiger partial charge in [0.2, 0.25) is 5.91 Å². The summed E-state index contributed by atoms with van der Waals surface area (Å²) in [5.74, 6) is 2.03. The molecule has 0 saturated heterocycles. The van der Waals surface area contributed by atoms with Gasteiger partial charge in [-0.25, -0.2) is 0 Å². The van der Waals surface area contributed by atoms with E-state index >= 15 is 0 Å². The maximum atomic E-state index is 12.1. The molecule has 0 bridgehead atoms. The van der Waals surface area contributed by atoms with Crippen molar-refractivity contribution in [2.75, 3.05) is 18.9 Å². The molecule has 1 aliphatic carbocycles. The van der Waals surface area contributed by atoms with Crippen LogP contribution in [0.15, 0.2) is 35.6 Å². The Kier molecular flexibility index (Phi) is 7.00. The maximum Gasteiger partial charge on any atom is 0.227 e. The lowest BCUT2D eigenvalue weighted by Gasteiger charge is -2.24. The summed E-state index contributed by atoms with van der Waals surface area (Å²) in [4.78, 5) is 16.4. The van der Waals surface area contributed by atoms with E-state index in [-0.39, 0.29) is 11.8 Å². The van der Waals surface area contributed by atoms with E-state index in [1.807, 2.05) is 28.8 Å². The highest BCUT2D eigenvalue weighted by atomic mass is 16.1. The number of aromatic nitrogens is 3. The Bertz CT molecular complexity index is 810. The molecule has 1 aromatic heterocycles. The number of anilines is 1. The van der Waals surface area contributed by atoms with Crippen LogP contribution in [0.1, 0.15) is 37.6 Å². The van der Waals surface area contributed by atoms with Crippen molar-refractivity contribution >= 4 is 17.6 Å². The lowest BCUT2D eigenvalue weighted by atomic mass is 9.85. The average Bonchev–Trinajstić information content (AvgIpc) is 3.10. The Hall–Kier alpha value is -2.90. The van der Waals surface area contributed by atoms with Gasteiger partial charge in [0.25, 0.3) is 0 Å². The molecular formula is C20H29N7O. The molecule has 1 fully saturated rings. The van der Waals surface area contributed by atoms with Crippen molar-refractivity contribution in [2.45, 2.75) is 45.7 Å². The Morgan fingerprint density at radius 3 is 2.89 bits per heavy atom. The third-order valence-corrected chi connectivity index (χ3v) is 5.01. The average molecular weight is 384 g/mol. The van der Waals surface area contributed by atoms with Crippen LogP contribution in [0.2, 0.25) is 0 Å². The molecule has 3 rings (SSSR count). The van der Waals surface area contributed by atoms with Crippen LogP contribution < -0.4 is 16.0 Å². The first-order valence-corrected chi connectivity index (χ1v) is 9.90. The minimum Gasteiger partial charge on any atom is -0.355 e. The van der Waals surface area contributed by atoms with Crippen LogP contribution in [0.4, 0.5) is 5.69 Å². The van der Waals surface area contributed by atoms with E-state index in [9.17, 15) is 4.79 Å². The minimum atomic E-state index is 0.134. The zero-order valence-electron chi connectivity index (χ0n) is 16.6. The molecule has 8 nitrogen and oxygen atoms in total. The highest BCUT2D eigenvalue weighted by molar-refractivity contribution is 5.93. The number of hydrogen-bond donors (Lipinski definition) is 3. The van der Waals surface area contributed by atoms with Crippen LogP contribution in [0.5, 0.6) is 0 Å². The predicted octanol–water partition coefficient (Wildman–Crippen LogP) is 1.94. The smallest absolute Gasteiger partial charge is 0.227 e. The molecule has 0 radical (unpaired) electrons. The lowest BCUT2D eigenvalue weighted by Crippen LogP contribution is -2.38. The Morgan fingerprint density at radius 2 is 2.18 bits per heavy atom. The summed E-state index contributed by atoms with van der Waals surface area (Å²) in [6.07, 6.45) is 5.78. The van der Waals surface area contributed by atoms with E-state index in [1.165, 1.54) is 0 Å². The van der Waals surface area contributed by atoms with E-state index in [2.05, 4.69) is 38.1 Å². The molecule has 0 unspecified atom stereocenters. The van der Waals surface area contributed by atoms with Crippen LogP contribution >= 0.6 is 0 Å². The second kappa shape index (κ2) is 9.87. The molecule has 1 amide bonds. The van der Waals surface area contributed by atoms with Gasteiger partial charge in [0, 0.05) is 44.7 Å².